The molecule has 1 aromatic carbocycles. The standard InChI is InChI=1S/C11H14N4O4.C11H10O3/c1-13-9-8(10(18)14(2)11(13)19)15(6-12-9)5-3-4-7(16)17;1-7-5-11(12)14-10-6-8(13-2)3-4-9(7)10/h6H,3-5H2,1-2H3,(H,16,17);3-6H,1-2H3. The molecule has 0 bridgehead atoms. The SMILES string of the molecule is COc1ccc2c(C)cc(=O)oc2c1.Cn1c(=O)c2c(ncn2CCCC(=O)O)n(C)c1=O. The van der Waals surface area contributed by atoms with Gasteiger partial charge < -0.3 is 18.8 Å². The Morgan fingerprint density at radius 1 is 1.15 bits per heavy atom. The van der Waals surface area contributed by atoms with Crippen molar-refractivity contribution in [1.82, 2.24) is 18.7 Å². The van der Waals surface area contributed by atoms with Crippen LogP contribution in [0.5, 0.6) is 5.75 Å². The molecule has 0 unspecified atom stereocenters. The number of carbonyl (C=O) groups is 1. The summed E-state index contributed by atoms with van der Waals surface area (Å²) in [6, 6.07) is 6.92. The van der Waals surface area contributed by atoms with E-state index in [1.807, 2.05) is 19.1 Å². The van der Waals surface area contributed by atoms with Crippen LogP contribution in [0.3, 0.4) is 0 Å². The second kappa shape index (κ2) is 9.55. The molecule has 0 aliphatic heterocycles. The number of methoxy groups -OCH3 is 1. The Hall–Kier alpha value is -4.15. The third kappa shape index (κ3) is 4.86. The third-order valence-corrected chi connectivity index (χ3v) is 5.17. The zero-order valence-electron chi connectivity index (χ0n) is 18.7. The van der Waals surface area contributed by atoms with Gasteiger partial charge in [-0.15, -0.1) is 0 Å². The van der Waals surface area contributed by atoms with Crippen molar-refractivity contribution in [2.24, 2.45) is 14.1 Å². The van der Waals surface area contributed by atoms with Gasteiger partial charge in [-0.1, -0.05) is 0 Å². The van der Waals surface area contributed by atoms with Crippen molar-refractivity contribution in [3.8, 4) is 5.75 Å². The Morgan fingerprint density at radius 3 is 2.55 bits per heavy atom. The molecule has 11 nitrogen and oxygen atoms in total. The number of imidazole rings is 1. The molecule has 0 aliphatic rings. The van der Waals surface area contributed by atoms with Gasteiger partial charge in [0.1, 0.15) is 11.3 Å². The van der Waals surface area contributed by atoms with Gasteiger partial charge in [-0.3, -0.25) is 18.7 Å². The van der Waals surface area contributed by atoms with E-state index in [2.05, 4.69) is 4.98 Å². The van der Waals surface area contributed by atoms with Crippen LogP contribution in [0.1, 0.15) is 18.4 Å². The largest absolute Gasteiger partial charge is 0.497 e. The summed E-state index contributed by atoms with van der Waals surface area (Å²) >= 11 is 0. The van der Waals surface area contributed by atoms with Crippen LogP contribution in [0, 0.1) is 6.92 Å². The van der Waals surface area contributed by atoms with Crippen LogP contribution in [0.4, 0.5) is 0 Å². The van der Waals surface area contributed by atoms with Gasteiger partial charge in [0.25, 0.3) is 5.56 Å². The van der Waals surface area contributed by atoms with Crippen LogP contribution in [-0.4, -0.2) is 36.9 Å². The van der Waals surface area contributed by atoms with Gasteiger partial charge in [0.2, 0.25) is 0 Å². The maximum atomic E-state index is 12.1. The summed E-state index contributed by atoms with van der Waals surface area (Å²) in [4.78, 5) is 49.4. The highest BCUT2D eigenvalue weighted by Crippen LogP contribution is 2.21. The lowest BCUT2D eigenvalue weighted by atomic mass is 10.1. The highest BCUT2D eigenvalue weighted by molar-refractivity contribution is 5.81. The van der Waals surface area contributed by atoms with Gasteiger partial charge in [-0.2, -0.15) is 0 Å². The maximum Gasteiger partial charge on any atom is 0.336 e. The van der Waals surface area contributed by atoms with Crippen molar-refractivity contribution >= 4 is 28.1 Å². The number of aromatic nitrogens is 4. The number of aliphatic carboxylic acids is 1. The second-order valence-corrected chi connectivity index (χ2v) is 7.42. The molecular formula is C22H24N4O7. The molecule has 174 valence electrons. The number of ether oxygens (including phenoxy) is 1. The summed E-state index contributed by atoms with van der Waals surface area (Å²) in [6.45, 7) is 2.25. The molecule has 0 saturated heterocycles. The fraction of sp³-hybridized carbons (Fsp3) is 0.318. The Balaban J connectivity index is 0.000000194. The topological polar surface area (TPSA) is 139 Å². The summed E-state index contributed by atoms with van der Waals surface area (Å²) in [5, 5.41) is 9.53. The smallest absolute Gasteiger partial charge is 0.336 e. The lowest BCUT2D eigenvalue weighted by Gasteiger charge is -2.05. The van der Waals surface area contributed by atoms with Gasteiger partial charge >= 0.3 is 17.3 Å². The van der Waals surface area contributed by atoms with E-state index in [9.17, 15) is 19.2 Å². The van der Waals surface area contributed by atoms with Crippen LogP contribution in [0.2, 0.25) is 0 Å². The molecule has 0 saturated carbocycles. The number of nitrogens with zero attached hydrogens (tertiary/aromatic N) is 4. The highest BCUT2D eigenvalue weighted by Gasteiger charge is 2.14. The predicted molar refractivity (Wildman–Crippen MR) is 121 cm³/mol. The molecule has 0 aliphatic carbocycles. The number of hydrogen-bond donors (Lipinski definition) is 1. The van der Waals surface area contributed by atoms with Gasteiger partial charge in [0, 0.05) is 44.6 Å². The molecule has 0 radical (unpaired) electrons. The van der Waals surface area contributed by atoms with Crippen LogP contribution in [-0.2, 0) is 25.4 Å². The van der Waals surface area contributed by atoms with Crippen molar-refractivity contribution in [2.45, 2.75) is 26.3 Å². The van der Waals surface area contributed by atoms with Crippen molar-refractivity contribution in [1.29, 1.82) is 0 Å². The first-order chi connectivity index (χ1) is 15.6. The normalized spacial score (nSPS) is 10.8. The molecule has 4 rings (SSSR count). The van der Waals surface area contributed by atoms with E-state index in [0.29, 0.717) is 35.5 Å². The van der Waals surface area contributed by atoms with Crippen LogP contribution >= 0.6 is 0 Å². The lowest BCUT2D eigenvalue weighted by Crippen LogP contribution is -2.37. The van der Waals surface area contributed by atoms with Crippen LogP contribution in [0.15, 0.2) is 49.4 Å². The monoisotopic (exact) mass is 456 g/mol. The van der Waals surface area contributed by atoms with Crippen molar-refractivity contribution in [2.75, 3.05) is 7.11 Å². The first kappa shape index (κ1) is 23.5. The molecule has 3 aromatic heterocycles. The van der Waals surface area contributed by atoms with Gasteiger partial charge in [-0.25, -0.2) is 14.6 Å². The van der Waals surface area contributed by atoms with Crippen molar-refractivity contribution < 1.29 is 19.1 Å². The Labute approximate surface area is 187 Å². The minimum atomic E-state index is -0.885. The zero-order valence-corrected chi connectivity index (χ0v) is 18.7. The summed E-state index contributed by atoms with van der Waals surface area (Å²) in [5.74, 6) is -0.198. The predicted octanol–water partition coefficient (Wildman–Crippen LogP) is 1.41. The van der Waals surface area contributed by atoms with Crippen LogP contribution < -0.4 is 21.6 Å². The summed E-state index contributed by atoms with van der Waals surface area (Å²) < 4.78 is 14.0. The van der Waals surface area contributed by atoms with E-state index in [-0.39, 0.29) is 12.0 Å². The van der Waals surface area contributed by atoms with Crippen molar-refractivity contribution in [3.05, 3.63) is 67.4 Å². The number of carboxylic acid groups (broad SMARTS) is 1. The zero-order chi connectivity index (χ0) is 24.3. The molecule has 11 heteroatoms. The Kier molecular flexibility index (Phi) is 6.80. The number of fused-ring (bicyclic) bond motifs is 2. The average Bonchev–Trinajstić information content (AvgIpc) is 3.20. The van der Waals surface area contributed by atoms with Gasteiger partial charge in [0.15, 0.2) is 11.2 Å². The fourth-order valence-electron chi connectivity index (χ4n) is 3.40. The average molecular weight is 456 g/mol. The maximum absolute atomic E-state index is 12.1. The first-order valence-corrected chi connectivity index (χ1v) is 10.0. The Morgan fingerprint density at radius 2 is 1.88 bits per heavy atom. The molecular weight excluding hydrogens is 432 g/mol. The number of carboxylic acids is 1. The summed E-state index contributed by atoms with van der Waals surface area (Å²) in [6.07, 6.45) is 1.87. The first-order valence-electron chi connectivity index (χ1n) is 10.0. The van der Waals surface area contributed by atoms with Crippen molar-refractivity contribution in [3.63, 3.8) is 0 Å². The molecule has 0 amide bonds. The molecule has 3 heterocycles. The number of benzene rings is 1. The Bertz CT molecular complexity index is 1510. The molecule has 4 aromatic rings. The van der Waals surface area contributed by atoms with E-state index in [1.165, 1.54) is 24.0 Å². The molecule has 0 spiro atoms. The van der Waals surface area contributed by atoms with Crippen LogP contribution in [0.25, 0.3) is 22.1 Å². The lowest BCUT2D eigenvalue weighted by molar-refractivity contribution is -0.137. The minimum absolute atomic E-state index is 0.0196. The number of rotatable bonds is 5. The summed E-state index contributed by atoms with van der Waals surface area (Å²) in [5.41, 5.74) is 0.911. The van der Waals surface area contributed by atoms with Gasteiger partial charge in [-0.05, 0) is 31.0 Å². The van der Waals surface area contributed by atoms with E-state index >= 15 is 0 Å². The number of aryl methyl sites for hydroxylation is 3. The highest BCUT2D eigenvalue weighted by atomic mass is 16.5. The number of hydrogen-bond acceptors (Lipinski definition) is 7. The minimum Gasteiger partial charge on any atom is -0.497 e. The molecule has 0 atom stereocenters. The van der Waals surface area contributed by atoms with E-state index in [1.54, 1.807) is 24.8 Å². The van der Waals surface area contributed by atoms with Gasteiger partial charge in [0.05, 0.1) is 13.4 Å². The fourth-order valence-corrected chi connectivity index (χ4v) is 3.40. The van der Waals surface area contributed by atoms with E-state index < -0.39 is 17.2 Å². The van der Waals surface area contributed by atoms with E-state index in [0.717, 1.165) is 15.5 Å². The molecule has 1 N–H and O–H groups in total. The quantitative estimate of drug-likeness (QED) is 0.445. The third-order valence-electron chi connectivity index (χ3n) is 5.17. The second-order valence-electron chi connectivity index (χ2n) is 7.42. The molecule has 33 heavy (non-hydrogen) atoms. The van der Waals surface area contributed by atoms with E-state index in [4.69, 9.17) is 14.3 Å². The summed E-state index contributed by atoms with van der Waals surface area (Å²) in [7, 11) is 4.52. The molecule has 0 fully saturated rings.